The number of aromatic carboxylic acids is 1. The number of halogens is 4. The number of nitrogens with one attached hydrogen (secondary N) is 1. The molecule has 0 atom stereocenters. The first kappa shape index (κ1) is 14.6. The predicted octanol–water partition coefficient (Wildman–Crippen LogP) is 2.30. The fourth-order valence-electron chi connectivity index (χ4n) is 0.939. The van der Waals surface area contributed by atoms with Crippen molar-refractivity contribution in [3.63, 3.8) is 0 Å². The minimum Gasteiger partial charge on any atom is -0.478 e. The molecule has 5 nitrogen and oxygen atoms in total. The van der Waals surface area contributed by atoms with Crippen molar-refractivity contribution in [3.8, 4) is 0 Å². The van der Waals surface area contributed by atoms with Crippen LogP contribution in [-0.4, -0.2) is 25.0 Å². The summed E-state index contributed by atoms with van der Waals surface area (Å²) in [5, 5.41) is 8.26. The number of anilines is 1. The number of carboxylic acid groups (broad SMARTS) is 1. The lowest BCUT2D eigenvalue weighted by Gasteiger charge is -2.12. The van der Waals surface area contributed by atoms with Crippen LogP contribution in [0.3, 0.4) is 0 Å². The van der Waals surface area contributed by atoms with Gasteiger partial charge in [0, 0.05) is 0 Å². The Balaban J connectivity index is 3.20. The summed E-state index contributed by atoms with van der Waals surface area (Å²) < 4.78 is 59.1. The van der Waals surface area contributed by atoms with Crippen LogP contribution < -0.4 is 4.72 Å². The zero-order chi connectivity index (χ0) is 14.1. The van der Waals surface area contributed by atoms with Gasteiger partial charge in [-0.3, -0.25) is 4.72 Å². The highest BCUT2D eigenvalue weighted by Crippen LogP contribution is 2.29. The van der Waals surface area contributed by atoms with Crippen molar-refractivity contribution in [2.75, 3.05) is 4.72 Å². The molecule has 0 aliphatic heterocycles. The normalized spacial score (nSPS) is 12.2. The second-order valence-electron chi connectivity index (χ2n) is 3.05. The summed E-state index contributed by atoms with van der Waals surface area (Å²) in [5.41, 5.74) is -6.58. The third-order valence-corrected chi connectivity index (χ3v) is 3.19. The maximum Gasteiger partial charge on any atom is 0.516 e. The number of hydrogen-bond donors (Lipinski definition) is 2. The van der Waals surface area contributed by atoms with Gasteiger partial charge in [-0.2, -0.15) is 21.6 Å². The van der Waals surface area contributed by atoms with Gasteiger partial charge in [0.15, 0.2) is 0 Å². The maximum absolute atomic E-state index is 12.1. The van der Waals surface area contributed by atoms with Gasteiger partial charge in [0.05, 0.1) is 16.3 Å². The topological polar surface area (TPSA) is 83.5 Å². The van der Waals surface area contributed by atoms with Crippen molar-refractivity contribution in [1.82, 2.24) is 0 Å². The third kappa shape index (κ3) is 3.05. The molecule has 0 aromatic heterocycles. The monoisotopic (exact) mass is 303 g/mol. The second kappa shape index (κ2) is 4.65. The van der Waals surface area contributed by atoms with Crippen molar-refractivity contribution < 1.29 is 31.5 Å². The van der Waals surface area contributed by atoms with E-state index in [0.717, 1.165) is 12.1 Å². The van der Waals surface area contributed by atoms with Crippen LogP contribution in [0.1, 0.15) is 10.4 Å². The van der Waals surface area contributed by atoms with Gasteiger partial charge >= 0.3 is 21.5 Å². The van der Waals surface area contributed by atoms with Gasteiger partial charge < -0.3 is 5.11 Å². The zero-order valence-corrected chi connectivity index (χ0v) is 9.90. The van der Waals surface area contributed by atoms with Crippen molar-refractivity contribution in [2.24, 2.45) is 0 Å². The average molecular weight is 304 g/mol. The highest BCUT2D eigenvalue weighted by molar-refractivity contribution is 7.93. The molecule has 1 aromatic carbocycles. The number of rotatable bonds is 3. The van der Waals surface area contributed by atoms with E-state index in [1.54, 1.807) is 0 Å². The summed E-state index contributed by atoms with van der Waals surface area (Å²) in [6.45, 7) is 0. The molecule has 0 bridgehead atoms. The molecule has 0 radical (unpaired) electrons. The number of carbonyl (C=O) groups is 1. The van der Waals surface area contributed by atoms with E-state index in [1.807, 2.05) is 0 Å². The van der Waals surface area contributed by atoms with Gasteiger partial charge in [0.1, 0.15) is 0 Å². The Kier molecular flexibility index (Phi) is 3.77. The molecule has 0 saturated carbocycles. The van der Waals surface area contributed by atoms with E-state index in [1.165, 1.54) is 4.72 Å². The maximum atomic E-state index is 12.1. The molecule has 0 aliphatic rings. The van der Waals surface area contributed by atoms with E-state index >= 15 is 0 Å². The second-order valence-corrected chi connectivity index (χ2v) is 5.13. The molecular formula is C8H5ClF3NO4S. The molecular weight excluding hydrogens is 299 g/mol. The van der Waals surface area contributed by atoms with Crippen molar-refractivity contribution in [1.29, 1.82) is 0 Å². The molecule has 0 fully saturated rings. The van der Waals surface area contributed by atoms with Gasteiger partial charge in [0.2, 0.25) is 0 Å². The Morgan fingerprint density at radius 3 is 2.33 bits per heavy atom. The summed E-state index contributed by atoms with van der Waals surface area (Å²) in [6.07, 6.45) is 0. The van der Waals surface area contributed by atoms with Gasteiger partial charge in [-0.15, -0.1) is 0 Å². The van der Waals surface area contributed by atoms with E-state index < -0.39 is 32.8 Å². The van der Waals surface area contributed by atoms with E-state index in [2.05, 4.69) is 0 Å². The molecule has 10 heteroatoms. The predicted molar refractivity (Wildman–Crippen MR) is 57.0 cm³/mol. The van der Waals surface area contributed by atoms with Gasteiger partial charge in [-0.1, -0.05) is 11.6 Å². The van der Waals surface area contributed by atoms with E-state index in [0.29, 0.717) is 6.07 Å². The molecule has 0 spiro atoms. The summed E-state index contributed by atoms with van der Waals surface area (Å²) in [7, 11) is -5.64. The summed E-state index contributed by atoms with van der Waals surface area (Å²) in [6, 6.07) is 2.68. The van der Waals surface area contributed by atoms with Gasteiger partial charge in [-0.25, -0.2) is 4.79 Å². The number of carboxylic acids is 1. The quantitative estimate of drug-likeness (QED) is 0.897. The molecule has 0 amide bonds. The first-order chi connectivity index (χ1) is 8.04. The minimum absolute atomic E-state index is 0.354. The van der Waals surface area contributed by atoms with E-state index in [-0.39, 0.29) is 5.02 Å². The first-order valence-corrected chi connectivity index (χ1v) is 6.02. The van der Waals surface area contributed by atoms with Crippen LogP contribution in [0.4, 0.5) is 18.9 Å². The van der Waals surface area contributed by atoms with Gasteiger partial charge in [0.25, 0.3) is 0 Å². The van der Waals surface area contributed by atoms with Crippen molar-refractivity contribution in [2.45, 2.75) is 5.51 Å². The van der Waals surface area contributed by atoms with Crippen molar-refractivity contribution in [3.05, 3.63) is 28.8 Å². The van der Waals surface area contributed by atoms with Crippen LogP contribution in [0.5, 0.6) is 0 Å². The Bertz CT molecular complexity index is 584. The highest BCUT2D eigenvalue weighted by atomic mass is 35.5. The molecule has 1 aromatic rings. The number of benzene rings is 1. The Hall–Kier alpha value is -1.48. The van der Waals surface area contributed by atoms with Crippen molar-refractivity contribution >= 4 is 33.3 Å². The summed E-state index contributed by atoms with van der Waals surface area (Å²) >= 11 is 5.47. The lowest BCUT2D eigenvalue weighted by molar-refractivity contribution is -0.0429. The molecule has 2 N–H and O–H groups in total. The molecule has 100 valence electrons. The van der Waals surface area contributed by atoms with Gasteiger partial charge in [-0.05, 0) is 18.2 Å². The first-order valence-electron chi connectivity index (χ1n) is 4.16. The number of hydrogen-bond acceptors (Lipinski definition) is 3. The molecule has 0 saturated heterocycles. The number of alkyl halides is 3. The third-order valence-electron chi connectivity index (χ3n) is 1.76. The van der Waals surface area contributed by atoms with Crippen LogP contribution in [0.2, 0.25) is 5.02 Å². The number of sulfonamides is 1. The molecule has 0 aliphatic carbocycles. The van der Waals surface area contributed by atoms with Crippen LogP contribution in [0.15, 0.2) is 18.2 Å². The van der Waals surface area contributed by atoms with Crippen LogP contribution in [0.25, 0.3) is 0 Å². The van der Waals surface area contributed by atoms with Crippen LogP contribution in [0, 0.1) is 0 Å². The molecule has 18 heavy (non-hydrogen) atoms. The zero-order valence-electron chi connectivity index (χ0n) is 8.32. The lowest BCUT2D eigenvalue weighted by Crippen LogP contribution is -2.30. The minimum atomic E-state index is -5.64. The van der Waals surface area contributed by atoms with E-state index in [4.69, 9.17) is 16.7 Å². The average Bonchev–Trinajstić information content (AvgIpc) is 2.18. The largest absolute Gasteiger partial charge is 0.516 e. The summed E-state index contributed by atoms with van der Waals surface area (Å²) in [5.74, 6) is -1.43. The molecule has 0 unspecified atom stereocenters. The fourth-order valence-corrected chi connectivity index (χ4v) is 1.73. The Morgan fingerprint density at radius 2 is 1.89 bits per heavy atom. The van der Waals surface area contributed by atoms with Crippen LogP contribution in [-0.2, 0) is 10.0 Å². The Morgan fingerprint density at radius 1 is 1.33 bits per heavy atom. The SMILES string of the molecule is O=C(O)c1ccc(Cl)c(NS(=O)(=O)C(F)(F)F)c1. The Labute approximate surface area is 104 Å². The standard InChI is InChI=1S/C8H5ClF3NO4S/c9-5-2-1-4(7(14)15)3-6(5)13-18(16,17)8(10,11)12/h1-3,13H,(H,14,15). The molecule has 1 rings (SSSR count). The van der Waals surface area contributed by atoms with Crippen LogP contribution >= 0.6 is 11.6 Å². The summed E-state index contributed by atoms with van der Waals surface area (Å²) in [4.78, 5) is 10.6. The smallest absolute Gasteiger partial charge is 0.478 e. The highest BCUT2D eigenvalue weighted by Gasteiger charge is 2.46. The van der Waals surface area contributed by atoms with E-state index in [9.17, 15) is 26.4 Å². The molecule has 0 heterocycles. The fraction of sp³-hybridized carbons (Fsp3) is 0.125. The lowest BCUT2D eigenvalue weighted by atomic mass is 10.2.